The Morgan fingerprint density at radius 1 is 1.32 bits per heavy atom. The van der Waals surface area contributed by atoms with Gasteiger partial charge < -0.3 is 15.4 Å². The summed E-state index contributed by atoms with van der Waals surface area (Å²) in [5.41, 5.74) is 0. The zero-order valence-corrected chi connectivity index (χ0v) is 15.5. The Hall–Kier alpha value is -2.43. The third-order valence-electron chi connectivity index (χ3n) is 2.82. The predicted molar refractivity (Wildman–Crippen MR) is 95.0 cm³/mol. The molecule has 0 aliphatic heterocycles. The highest BCUT2D eigenvalue weighted by Gasteiger charge is 2.12. The van der Waals surface area contributed by atoms with Crippen LogP contribution in [0.15, 0.2) is 11.5 Å². The van der Waals surface area contributed by atoms with E-state index < -0.39 is 0 Å². The van der Waals surface area contributed by atoms with Gasteiger partial charge >= 0.3 is 5.97 Å². The number of ether oxygens (including phenoxy) is 1. The third-order valence-corrected chi connectivity index (χ3v) is 3.64. The van der Waals surface area contributed by atoms with Gasteiger partial charge in [-0.25, -0.2) is 4.98 Å². The van der Waals surface area contributed by atoms with Gasteiger partial charge in [-0.2, -0.15) is 19.6 Å². The molecule has 25 heavy (non-hydrogen) atoms. The van der Waals surface area contributed by atoms with Crippen LogP contribution in [-0.2, 0) is 9.53 Å². The van der Waals surface area contributed by atoms with Crippen molar-refractivity contribution < 1.29 is 9.53 Å². The SMILES string of the molecule is CCOC(=O)CSc1ncn(-c2nc(NC)nc(NCC(C)C)n2)n1. The van der Waals surface area contributed by atoms with Crippen LogP contribution in [0.25, 0.3) is 5.95 Å². The first kappa shape index (κ1) is 18.9. The minimum atomic E-state index is -0.304. The fourth-order valence-electron chi connectivity index (χ4n) is 1.69. The van der Waals surface area contributed by atoms with Crippen molar-refractivity contribution >= 4 is 29.6 Å². The Morgan fingerprint density at radius 3 is 2.76 bits per heavy atom. The molecule has 2 aromatic rings. The number of rotatable bonds is 9. The largest absolute Gasteiger partial charge is 0.465 e. The van der Waals surface area contributed by atoms with Crippen molar-refractivity contribution in [2.24, 2.45) is 5.92 Å². The topological polar surface area (TPSA) is 120 Å². The maximum Gasteiger partial charge on any atom is 0.316 e. The monoisotopic (exact) mass is 366 g/mol. The highest BCUT2D eigenvalue weighted by atomic mass is 32.2. The molecular formula is C14H22N8O2S. The Labute approximate surface area is 150 Å². The van der Waals surface area contributed by atoms with E-state index >= 15 is 0 Å². The number of hydrogen-bond donors (Lipinski definition) is 2. The van der Waals surface area contributed by atoms with E-state index in [1.807, 2.05) is 0 Å². The van der Waals surface area contributed by atoms with Crippen molar-refractivity contribution in [3.05, 3.63) is 6.33 Å². The number of esters is 1. The van der Waals surface area contributed by atoms with Gasteiger partial charge in [0.2, 0.25) is 17.1 Å². The number of hydrogen-bond acceptors (Lipinski definition) is 10. The number of nitrogens with one attached hydrogen (secondary N) is 2. The van der Waals surface area contributed by atoms with Crippen LogP contribution in [0.3, 0.4) is 0 Å². The zero-order chi connectivity index (χ0) is 18.2. The standard InChI is InChI=1S/C14H22N8O2S/c1-5-24-10(23)7-25-14-17-8-22(21-14)13-19-11(15-4)18-12(20-13)16-6-9(2)3/h8-9H,5-7H2,1-4H3,(H2,15,16,18,19,20). The lowest BCUT2D eigenvalue weighted by Gasteiger charge is -2.09. The molecule has 0 saturated carbocycles. The van der Waals surface area contributed by atoms with E-state index in [-0.39, 0.29) is 11.7 Å². The van der Waals surface area contributed by atoms with E-state index in [0.29, 0.717) is 35.5 Å². The predicted octanol–water partition coefficient (Wildman–Crippen LogP) is 1.22. The van der Waals surface area contributed by atoms with Crippen molar-refractivity contribution in [2.75, 3.05) is 36.6 Å². The molecule has 0 radical (unpaired) electrons. The summed E-state index contributed by atoms with van der Waals surface area (Å²) in [4.78, 5) is 28.4. The molecule has 10 nitrogen and oxygen atoms in total. The molecule has 0 aliphatic carbocycles. The van der Waals surface area contributed by atoms with Gasteiger partial charge in [0, 0.05) is 13.6 Å². The Morgan fingerprint density at radius 2 is 2.08 bits per heavy atom. The second-order valence-electron chi connectivity index (χ2n) is 5.37. The van der Waals surface area contributed by atoms with Crippen molar-refractivity contribution in [2.45, 2.75) is 25.9 Å². The number of aromatic nitrogens is 6. The molecule has 0 aromatic carbocycles. The highest BCUT2D eigenvalue weighted by molar-refractivity contribution is 7.99. The first-order valence-electron chi connectivity index (χ1n) is 7.90. The lowest BCUT2D eigenvalue weighted by molar-refractivity contribution is -0.139. The number of thioether (sulfide) groups is 1. The minimum Gasteiger partial charge on any atom is -0.465 e. The fraction of sp³-hybridized carbons (Fsp3) is 0.571. The fourth-order valence-corrected chi connectivity index (χ4v) is 2.29. The van der Waals surface area contributed by atoms with Crippen LogP contribution in [0.5, 0.6) is 0 Å². The Balaban J connectivity index is 2.12. The quantitative estimate of drug-likeness (QED) is 0.495. The molecule has 11 heteroatoms. The molecule has 0 atom stereocenters. The average molecular weight is 366 g/mol. The molecule has 2 N–H and O–H groups in total. The van der Waals surface area contributed by atoms with Crippen molar-refractivity contribution in [1.29, 1.82) is 0 Å². The van der Waals surface area contributed by atoms with Crippen LogP contribution in [-0.4, -0.2) is 61.6 Å². The van der Waals surface area contributed by atoms with Gasteiger partial charge in [-0.05, 0) is 12.8 Å². The summed E-state index contributed by atoms with van der Waals surface area (Å²) in [6.07, 6.45) is 1.49. The van der Waals surface area contributed by atoms with Gasteiger partial charge in [0.25, 0.3) is 5.95 Å². The molecule has 0 amide bonds. The Bertz CT molecular complexity index is 706. The molecule has 0 unspecified atom stereocenters. The number of anilines is 2. The second kappa shape index (κ2) is 9.16. The van der Waals surface area contributed by atoms with E-state index in [4.69, 9.17) is 4.74 Å². The molecule has 2 rings (SSSR count). The van der Waals surface area contributed by atoms with Crippen LogP contribution in [0.4, 0.5) is 11.9 Å². The van der Waals surface area contributed by atoms with E-state index in [0.717, 1.165) is 6.54 Å². The summed E-state index contributed by atoms with van der Waals surface area (Å²) >= 11 is 1.19. The second-order valence-corrected chi connectivity index (χ2v) is 6.32. The summed E-state index contributed by atoms with van der Waals surface area (Å²) in [5, 5.41) is 10.8. The number of carbonyl (C=O) groups excluding carboxylic acids is 1. The molecule has 0 fully saturated rings. The number of nitrogens with zero attached hydrogens (tertiary/aromatic N) is 6. The maximum absolute atomic E-state index is 11.4. The molecule has 136 valence electrons. The van der Waals surface area contributed by atoms with Gasteiger partial charge in [-0.3, -0.25) is 4.79 Å². The van der Waals surface area contributed by atoms with Gasteiger partial charge in [-0.1, -0.05) is 25.6 Å². The van der Waals surface area contributed by atoms with Crippen molar-refractivity contribution in [3.8, 4) is 5.95 Å². The van der Waals surface area contributed by atoms with E-state index in [2.05, 4.69) is 49.5 Å². The number of carbonyl (C=O) groups is 1. The summed E-state index contributed by atoms with van der Waals surface area (Å²) in [5.74, 6) is 1.52. The molecule has 0 bridgehead atoms. The van der Waals surface area contributed by atoms with Gasteiger partial charge in [0.05, 0.1) is 12.4 Å². The zero-order valence-electron chi connectivity index (χ0n) is 14.7. The van der Waals surface area contributed by atoms with Crippen LogP contribution in [0.1, 0.15) is 20.8 Å². The normalized spacial score (nSPS) is 10.8. The lowest BCUT2D eigenvalue weighted by Crippen LogP contribution is -2.14. The van der Waals surface area contributed by atoms with Crippen LogP contribution < -0.4 is 10.6 Å². The highest BCUT2D eigenvalue weighted by Crippen LogP contribution is 2.14. The summed E-state index contributed by atoms with van der Waals surface area (Å²) < 4.78 is 6.32. The van der Waals surface area contributed by atoms with Crippen LogP contribution >= 0.6 is 11.8 Å². The molecule has 2 aromatic heterocycles. The van der Waals surface area contributed by atoms with Gasteiger partial charge in [-0.15, -0.1) is 5.10 Å². The first-order chi connectivity index (χ1) is 12.0. The molecule has 0 spiro atoms. The summed E-state index contributed by atoms with van der Waals surface area (Å²) in [6, 6.07) is 0. The van der Waals surface area contributed by atoms with Crippen molar-refractivity contribution in [1.82, 2.24) is 29.7 Å². The third kappa shape index (κ3) is 5.85. The smallest absolute Gasteiger partial charge is 0.316 e. The van der Waals surface area contributed by atoms with E-state index in [9.17, 15) is 4.79 Å². The maximum atomic E-state index is 11.4. The summed E-state index contributed by atoms with van der Waals surface area (Å²) in [6.45, 7) is 7.05. The lowest BCUT2D eigenvalue weighted by atomic mass is 10.2. The molecule has 0 aliphatic rings. The van der Waals surface area contributed by atoms with Crippen LogP contribution in [0.2, 0.25) is 0 Å². The van der Waals surface area contributed by atoms with Crippen molar-refractivity contribution in [3.63, 3.8) is 0 Å². The first-order valence-corrected chi connectivity index (χ1v) is 8.88. The molecule has 2 heterocycles. The average Bonchev–Trinajstić information content (AvgIpc) is 3.07. The van der Waals surface area contributed by atoms with Gasteiger partial charge in [0.15, 0.2) is 0 Å². The summed E-state index contributed by atoms with van der Waals surface area (Å²) in [7, 11) is 1.73. The van der Waals surface area contributed by atoms with E-state index in [1.54, 1.807) is 14.0 Å². The minimum absolute atomic E-state index is 0.151. The van der Waals surface area contributed by atoms with Gasteiger partial charge in [0.1, 0.15) is 6.33 Å². The molecule has 0 saturated heterocycles. The Kier molecular flexibility index (Phi) is 6.92. The van der Waals surface area contributed by atoms with E-state index in [1.165, 1.54) is 22.8 Å². The van der Waals surface area contributed by atoms with Crippen LogP contribution in [0, 0.1) is 5.92 Å². The molecular weight excluding hydrogens is 344 g/mol.